The van der Waals surface area contributed by atoms with Crippen molar-refractivity contribution in [2.75, 3.05) is 18.5 Å². The third-order valence-corrected chi connectivity index (χ3v) is 3.63. The van der Waals surface area contributed by atoms with E-state index in [1.807, 2.05) is 5.32 Å². The number of halogens is 3. The fourth-order valence-electron chi connectivity index (χ4n) is 2.37. The first-order chi connectivity index (χ1) is 10.9. The number of alkyl halides is 3. The number of carbonyl (C=O) groups is 1. The number of benzene rings is 1. The van der Waals surface area contributed by atoms with Crippen molar-refractivity contribution in [3.05, 3.63) is 29.3 Å². The molecule has 0 aliphatic carbocycles. The van der Waals surface area contributed by atoms with Crippen LogP contribution in [-0.2, 0) is 20.7 Å². The third-order valence-electron chi connectivity index (χ3n) is 3.63. The Morgan fingerprint density at radius 2 is 2.17 bits per heavy atom. The lowest BCUT2D eigenvalue weighted by atomic mass is 10.1. The quantitative estimate of drug-likeness (QED) is 0.897. The fraction of sp³-hybridized carbons (Fsp3) is 0.562. The zero-order chi connectivity index (χ0) is 16.9. The van der Waals surface area contributed by atoms with E-state index < -0.39 is 12.1 Å². The molecule has 1 aliphatic rings. The molecular weight excluding hydrogens is 311 g/mol. The topological polar surface area (TPSA) is 47.6 Å². The van der Waals surface area contributed by atoms with E-state index in [4.69, 9.17) is 9.47 Å². The maximum Gasteiger partial charge on any atom is 0.471 e. The minimum absolute atomic E-state index is 0.157. The summed E-state index contributed by atoms with van der Waals surface area (Å²) in [4.78, 5) is 10.9. The van der Waals surface area contributed by atoms with E-state index in [1.165, 1.54) is 6.07 Å². The Morgan fingerprint density at radius 3 is 2.78 bits per heavy atom. The van der Waals surface area contributed by atoms with Gasteiger partial charge in [0, 0.05) is 12.3 Å². The van der Waals surface area contributed by atoms with Crippen molar-refractivity contribution in [2.45, 2.75) is 45.1 Å². The molecule has 0 radical (unpaired) electrons. The molecule has 0 bridgehead atoms. The van der Waals surface area contributed by atoms with Crippen molar-refractivity contribution in [1.29, 1.82) is 0 Å². The molecule has 1 saturated heterocycles. The Hall–Kier alpha value is -1.60. The van der Waals surface area contributed by atoms with E-state index in [0.29, 0.717) is 18.6 Å². The van der Waals surface area contributed by atoms with Gasteiger partial charge in [0.2, 0.25) is 0 Å². The van der Waals surface area contributed by atoms with Crippen LogP contribution in [0, 0.1) is 6.92 Å². The number of carbonyl (C=O) groups excluding carboxylic acids is 1. The predicted octanol–water partition coefficient (Wildman–Crippen LogP) is 3.58. The van der Waals surface area contributed by atoms with Crippen LogP contribution in [-0.4, -0.2) is 31.6 Å². The van der Waals surface area contributed by atoms with Gasteiger partial charge in [0.25, 0.3) is 0 Å². The zero-order valence-corrected chi connectivity index (χ0v) is 12.9. The summed E-state index contributed by atoms with van der Waals surface area (Å²) in [5, 5.41) is 1.87. The van der Waals surface area contributed by atoms with Crippen LogP contribution in [0.25, 0.3) is 0 Å². The number of ether oxygens (including phenoxy) is 2. The standard InChI is InChI=1S/C16H20F3NO3/c1-11-10-12(7-9-23-14-4-2-3-8-22-14)5-6-13(11)20-15(21)16(17,18)19/h5-6,10,14H,2-4,7-9H2,1H3,(H,20,21). The van der Waals surface area contributed by atoms with E-state index in [9.17, 15) is 18.0 Å². The molecule has 0 saturated carbocycles. The summed E-state index contributed by atoms with van der Waals surface area (Å²) in [5.74, 6) is -1.97. The summed E-state index contributed by atoms with van der Waals surface area (Å²) in [6.07, 6.45) is -1.37. The SMILES string of the molecule is Cc1cc(CCOC2CCCCO2)ccc1NC(=O)C(F)(F)F. The average Bonchev–Trinajstić information content (AvgIpc) is 2.50. The number of rotatable bonds is 5. The van der Waals surface area contributed by atoms with E-state index >= 15 is 0 Å². The molecule has 128 valence electrons. The monoisotopic (exact) mass is 331 g/mol. The Labute approximate surface area is 133 Å². The second-order valence-electron chi connectivity index (χ2n) is 5.52. The van der Waals surface area contributed by atoms with Crippen LogP contribution in [0.1, 0.15) is 30.4 Å². The number of amides is 1. The zero-order valence-electron chi connectivity index (χ0n) is 12.9. The molecule has 4 nitrogen and oxygen atoms in total. The van der Waals surface area contributed by atoms with Crippen molar-refractivity contribution in [3.8, 4) is 0 Å². The van der Waals surface area contributed by atoms with Crippen molar-refractivity contribution in [1.82, 2.24) is 0 Å². The highest BCUT2D eigenvalue weighted by Gasteiger charge is 2.38. The Balaban J connectivity index is 1.85. The van der Waals surface area contributed by atoms with Gasteiger partial charge in [0.05, 0.1) is 6.61 Å². The Kier molecular flexibility index (Phi) is 6.01. The van der Waals surface area contributed by atoms with Crippen molar-refractivity contribution >= 4 is 11.6 Å². The van der Waals surface area contributed by atoms with Crippen molar-refractivity contribution < 1.29 is 27.4 Å². The number of nitrogens with one attached hydrogen (secondary N) is 1. The summed E-state index contributed by atoms with van der Waals surface area (Å²) in [7, 11) is 0. The largest absolute Gasteiger partial charge is 0.471 e. The molecule has 1 fully saturated rings. The minimum atomic E-state index is -4.89. The molecule has 1 aliphatic heterocycles. The lowest BCUT2D eigenvalue weighted by molar-refractivity contribution is -0.167. The van der Waals surface area contributed by atoms with Gasteiger partial charge in [0.1, 0.15) is 0 Å². The van der Waals surface area contributed by atoms with Gasteiger partial charge in [-0.2, -0.15) is 13.2 Å². The lowest BCUT2D eigenvalue weighted by Crippen LogP contribution is -2.30. The maximum absolute atomic E-state index is 12.2. The molecule has 1 aromatic rings. The second-order valence-corrected chi connectivity index (χ2v) is 5.52. The molecule has 1 amide bonds. The number of anilines is 1. The number of aryl methyl sites for hydroxylation is 1. The highest BCUT2D eigenvalue weighted by molar-refractivity contribution is 5.95. The van der Waals surface area contributed by atoms with Crippen LogP contribution in [0.4, 0.5) is 18.9 Å². The normalized spacial score (nSPS) is 18.7. The van der Waals surface area contributed by atoms with Crippen LogP contribution in [0.2, 0.25) is 0 Å². The van der Waals surface area contributed by atoms with Gasteiger partial charge in [0.15, 0.2) is 6.29 Å². The highest BCUT2D eigenvalue weighted by Crippen LogP contribution is 2.22. The first kappa shape index (κ1) is 17.7. The predicted molar refractivity (Wildman–Crippen MR) is 79.1 cm³/mol. The van der Waals surface area contributed by atoms with Gasteiger partial charge in [-0.3, -0.25) is 4.79 Å². The molecule has 7 heteroatoms. The van der Waals surface area contributed by atoms with Gasteiger partial charge in [-0.1, -0.05) is 12.1 Å². The summed E-state index contributed by atoms with van der Waals surface area (Å²) >= 11 is 0. The Morgan fingerprint density at radius 1 is 1.39 bits per heavy atom. The molecular formula is C16H20F3NO3. The van der Waals surface area contributed by atoms with Crippen LogP contribution in [0.15, 0.2) is 18.2 Å². The third kappa shape index (κ3) is 5.51. The summed E-state index contributed by atoms with van der Waals surface area (Å²) < 4.78 is 47.8. The molecule has 2 rings (SSSR count). The summed E-state index contributed by atoms with van der Waals surface area (Å²) in [5.41, 5.74) is 1.67. The van der Waals surface area contributed by atoms with E-state index in [2.05, 4.69) is 0 Å². The van der Waals surface area contributed by atoms with E-state index in [0.717, 1.165) is 31.4 Å². The summed E-state index contributed by atoms with van der Waals surface area (Å²) in [6, 6.07) is 4.91. The first-order valence-electron chi connectivity index (χ1n) is 7.57. The molecule has 1 heterocycles. The fourth-order valence-corrected chi connectivity index (χ4v) is 2.37. The number of hydrogen-bond acceptors (Lipinski definition) is 3. The maximum atomic E-state index is 12.2. The molecule has 0 spiro atoms. The van der Waals surface area contributed by atoms with Gasteiger partial charge in [-0.05, 0) is 49.8 Å². The average molecular weight is 331 g/mol. The van der Waals surface area contributed by atoms with Crippen LogP contribution < -0.4 is 5.32 Å². The second kappa shape index (κ2) is 7.79. The number of hydrogen-bond donors (Lipinski definition) is 1. The van der Waals surface area contributed by atoms with Crippen LogP contribution in [0.5, 0.6) is 0 Å². The van der Waals surface area contributed by atoms with Gasteiger partial charge < -0.3 is 14.8 Å². The van der Waals surface area contributed by atoms with Crippen LogP contribution in [0.3, 0.4) is 0 Å². The van der Waals surface area contributed by atoms with E-state index in [1.54, 1.807) is 19.1 Å². The van der Waals surface area contributed by atoms with Gasteiger partial charge in [-0.15, -0.1) is 0 Å². The molecule has 1 unspecified atom stereocenters. The van der Waals surface area contributed by atoms with Crippen molar-refractivity contribution in [2.24, 2.45) is 0 Å². The van der Waals surface area contributed by atoms with Crippen molar-refractivity contribution in [3.63, 3.8) is 0 Å². The van der Waals surface area contributed by atoms with Gasteiger partial charge in [-0.25, -0.2) is 0 Å². The first-order valence-corrected chi connectivity index (χ1v) is 7.57. The minimum Gasteiger partial charge on any atom is -0.353 e. The molecule has 0 aromatic heterocycles. The van der Waals surface area contributed by atoms with E-state index in [-0.39, 0.29) is 12.0 Å². The smallest absolute Gasteiger partial charge is 0.353 e. The lowest BCUT2D eigenvalue weighted by Gasteiger charge is -2.22. The highest BCUT2D eigenvalue weighted by atomic mass is 19.4. The molecule has 1 N–H and O–H groups in total. The summed E-state index contributed by atoms with van der Waals surface area (Å²) in [6.45, 7) is 2.86. The van der Waals surface area contributed by atoms with Crippen LogP contribution >= 0.6 is 0 Å². The van der Waals surface area contributed by atoms with Gasteiger partial charge >= 0.3 is 12.1 Å². The molecule has 1 atom stereocenters. The molecule has 23 heavy (non-hydrogen) atoms. The Bertz CT molecular complexity index is 540. The molecule has 1 aromatic carbocycles.